The van der Waals surface area contributed by atoms with Gasteiger partial charge in [0.2, 0.25) is 0 Å². The number of esters is 1. The van der Waals surface area contributed by atoms with Gasteiger partial charge in [0.1, 0.15) is 29.7 Å². The SMILES string of the molecule is COC(=O)c1cc(F)cc2c1C(=O)[C@H](c1ncnn1CCCCO)[C@@H](c1ccc(F)cc1)N2. The van der Waals surface area contributed by atoms with Crippen LogP contribution in [0.5, 0.6) is 0 Å². The first-order chi connectivity index (χ1) is 15.9. The van der Waals surface area contributed by atoms with E-state index in [4.69, 9.17) is 9.84 Å². The largest absolute Gasteiger partial charge is 0.465 e. The molecule has 2 heterocycles. The number of fused-ring (bicyclic) bond motifs is 1. The lowest BCUT2D eigenvalue weighted by atomic mass is 9.80. The van der Waals surface area contributed by atoms with Crippen LogP contribution in [0.1, 0.15) is 56.9 Å². The third kappa shape index (κ3) is 4.34. The maximum Gasteiger partial charge on any atom is 0.338 e. The maximum atomic E-state index is 14.3. The molecule has 1 aliphatic heterocycles. The van der Waals surface area contributed by atoms with Gasteiger partial charge in [-0.1, -0.05) is 12.1 Å². The molecular weight excluding hydrogens is 434 g/mol. The molecule has 1 aromatic heterocycles. The fourth-order valence-corrected chi connectivity index (χ4v) is 4.09. The molecule has 33 heavy (non-hydrogen) atoms. The van der Waals surface area contributed by atoms with Gasteiger partial charge in [-0.05, 0) is 42.7 Å². The number of benzene rings is 2. The number of aliphatic hydroxyl groups excluding tert-OH is 1. The van der Waals surface area contributed by atoms with E-state index >= 15 is 0 Å². The molecule has 1 aliphatic rings. The number of carbonyl (C=O) groups excluding carboxylic acids is 2. The van der Waals surface area contributed by atoms with E-state index in [2.05, 4.69) is 15.4 Å². The molecule has 0 spiro atoms. The Hall–Kier alpha value is -3.66. The number of methoxy groups -OCH3 is 1. The van der Waals surface area contributed by atoms with Gasteiger partial charge in [-0.15, -0.1) is 0 Å². The predicted molar refractivity (Wildman–Crippen MR) is 114 cm³/mol. The van der Waals surface area contributed by atoms with E-state index < -0.39 is 35.3 Å². The summed E-state index contributed by atoms with van der Waals surface area (Å²) >= 11 is 0. The Morgan fingerprint density at radius 2 is 1.94 bits per heavy atom. The van der Waals surface area contributed by atoms with Gasteiger partial charge < -0.3 is 15.2 Å². The van der Waals surface area contributed by atoms with Crippen LogP contribution in [-0.2, 0) is 11.3 Å². The molecule has 0 radical (unpaired) electrons. The van der Waals surface area contributed by atoms with Gasteiger partial charge in [-0.2, -0.15) is 5.10 Å². The molecule has 0 aliphatic carbocycles. The highest BCUT2D eigenvalue weighted by Gasteiger charge is 2.42. The molecule has 10 heteroatoms. The second-order valence-corrected chi connectivity index (χ2v) is 7.66. The van der Waals surface area contributed by atoms with Crippen molar-refractivity contribution in [3.8, 4) is 0 Å². The summed E-state index contributed by atoms with van der Waals surface area (Å²) in [5, 5.41) is 16.5. The van der Waals surface area contributed by atoms with Crippen LogP contribution >= 0.6 is 0 Å². The molecule has 172 valence electrons. The Labute approximate surface area is 188 Å². The van der Waals surface area contributed by atoms with E-state index in [0.717, 1.165) is 19.2 Å². The van der Waals surface area contributed by atoms with Crippen molar-refractivity contribution < 1.29 is 28.2 Å². The topological polar surface area (TPSA) is 106 Å². The quantitative estimate of drug-likeness (QED) is 0.415. The van der Waals surface area contributed by atoms with E-state index in [-0.39, 0.29) is 23.4 Å². The number of ether oxygens (including phenoxy) is 1. The average Bonchev–Trinajstić information content (AvgIpc) is 3.26. The lowest BCUT2D eigenvalue weighted by Gasteiger charge is -2.34. The smallest absolute Gasteiger partial charge is 0.338 e. The molecule has 2 N–H and O–H groups in total. The highest BCUT2D eigenvalue weighted by Crippen LogP contribution is 2.43. The second kappa shape index (κ2) is 9.45. The first kappa shape index (κ1) is 22.5. The average molecular weight is 456 g/mol. The third-order valence-electron chi connectivity index (χ3n) is 5.61. The zero-order valence-corrected chi connectivity index (χ0v) is 17.8. The molecule has 4 rings (SSSR count). The Bertz CT molecular complexity index is 1180. The van der Waals surface area contributed by atoms with Crippen LogP contribution in [0.4, 0.5) is 14.5 Å². The molecular formula is C23H22F2N4O4. The van der Waals surface area contributed by atoms with Gasteiger partial charge in [0.15, 0.2) is 5.78 Å². The zero-order chi connectivity index (χ0) is 23.5. The number of aromatic nitrogens is 3. The van der Waals surface area contributed by atoms with Crippen LogP contribution in [0.2, 0.25) is 0 Å². The van der Waals surface area contributed by atoms with Gasteiger partial charge in [-0.3, -0.25) is 4.79 Å². The van der Waals surface area contributed by atoms with E-state index in [1.807, 2.05) is 0 Å². The van der Waals surface area contributed by atoms with Gasteiger partial charge in [0.05, 0.1) is 24.3 Å². The molecule has 8 nitrogen and oxygen atoms in total. The highest BCUT2D eigenvalue weighted by atomic mass is 19.1. The number of carbonyl (C=O) groups is 2. The Kier molecular flexibility index (Phi) is 6.45. The van der Waals surface area contributed by atoms with E-state index in [1.165, 1.54) is 30.6 Å². The van der Waals surface area contributed by atoms with E-state index in [1.54, 1.807) is 4.68 Å². The van der Waals surface area contributed by atoms with Crippen molar-refractivity contribution in [2.75, 3.05) is 19.0 Å². The van der Waals surface area contributed by atoms with Crippen LogP contribution in [0.3, 0.4) is 0 Å². The number of unbranched alkanes of at least 4 members (excludes halogenated alkanes) is 1. The Balaban J connectivity index is 1.86. The number of halogens is 2. The maximum absolute atomic E-state index is 14.3. The fraction of sp³-hybridized carbons (Fsp3) is 0.304. The molecule has 0 saturated carbocycles. The number of hydrogen-bond donors (Lipinski definition) is 2. The first-order valence-corrected chi connectivity index (χ1v) is 10.4. The fourth-order valence-electron chi connectivity index (χ4n) is 4.09. The minimum Gasteiger partial charge on any atom is -0.465 e. The summed E-state index contributed by atoms with van der Waals surface area (Å²) in [6.07, 6.45) is 2.48. The minimum absolute atomic E-state index is 0.00322. The van der Waals surface area contributed by atoms with Gasteiger partial charge in [0.25, 0.3) is 0 Å². The van der Waals surface area contributed by atoms with Crippen LogP contribution in [0.25, 0.3) is 0 Å². The lowest BCUT2D eigenvalue weighted by molar-refractivity contribution is 0.0595. The molecule has 0 fully saturated rings. The molecule has 0 amide bonds. The number of ketones is 1. The number of hydrogen-bond acceptors (Lipinski definition) is 7. The summed E-state index contributed by atoms with van der Waals surface area (Å²) in [6, 6.07) is 6.98. The summed E-state index contributed by atoms with van der Waals surface area (Å²) in [4.78, 5) is 30.5. The van der Waals surface area contributed by atoms with Gasteiger partial charge in [-0.25, -0.2) is 23.2 Å². The summed E-state index contributed by atoms with van der Waals surface area (Å²) in [7, 11) is 1.15. The molecule has 3 aromatic rings. The van der Waals surface area contributed by atoms with Crippen molar-refractivity contribution in [2.24, 2.45) is 0 Å². The Morgan fingerprint density at radius 1 is 1.18 bits per heavy atom. The number of Topliss-reactive ketones (excluding diaryl/α,β-unsaturated/α-hetero) is 1. The van der Waals surface area contributed by atoms with Crippen molar-refractivity contribution in [1.82, 2.24) is 14.8 Å². The number of nitrogens with zero attached hydrogens (tertiary/aromatic N) is 3. The molecule has 2 atom stereocenters. The van der Waals surface area contributed by atoms with Crippen molar-refractivity contribution in [2.45, 2.75) is 31.3 Å². The summed E-state index contributed by atoms with van der Waals surface area (Å²) in [5.41, 5.74) is 0.516. The molecule has 2 aromatic carbocycles. The number of aliphatic hydroxyl groups is 1. The number of rotatable bonds is 7. The lowest BCUT2D eigenvalue weighted by Crippen LogP contribution is -2.35. The van der Waals surface area contributed by atoms with Crippen molar-refractivity contribution >= 4 is 17.4 Å². The zero-order valence-electron chi connectivity index (χ0n) is 17.8. The van der Waals surface area contributed by atoms with Crippen LogP contribution in [0, 0.1) is 11.6 Å². The third-order valence-corrected chi connectivity index (χ3v) is 5.61. The van der Waals surface area contributed by atoms with Crippen LogP contribution < -0.4 is 5.32 Å². The first-order valence-electron chi connectivity index (χ1n) is 10.4. The summed E-state index contributed by atoms with van der Waals surface area (Å²) < 4.78 is 34.2. The molecule has 0 bridgehead atoms. The standard InChI is InChI=1S/C23H22F2N4O4/c1-33-23(32)16-10-15(25)11-17-18(16)21(31)19(20(28-17)13-4-6-14(24)7-5-13)22-26-12-27-29(22)8-2-3-9-30/h4-7,10-12,19-20,28,30H,2-3,8-9H2,1H3/t19-,20-/m1/s1. The van der Waals surface area contributed by atoms with Crippen molar-refractivity contribution in [3.63, 3.8) is 0 Å². The van der Waals surface area contributed by atoms with E-state index in [9.17, 15) is 18.4 Å². The normalized spacial score (nSPS) is 17.4. The number of anilines is 1. The number of nitrogens with one attached hydrogen (secondary N) is 1. The van der Waals surface area contributed by atoms with Gasteiger partial charge >= 0.3 is 5.97 Å². The van der Waals surface area contributed by atoms with E-state index in [0.29, 0.717) is 30.8 Å². The minimum atomic E-state index is -0.937. The van der Waals surface area contributed by atoms with Crippen molar-refractivity contribution in [3.05, 3.63) is 76.9 Å². The predicted octanol–water partition coefficient (Wildman–Crippen LogP) is 3.25. The van der Waals surface area contributed by atoms with Gasteiger partial charge in [0, 0.05) is 18.8 Å². The molecule has 0 saturated heterocycles. The van der Waals surface area contributed by atoms with Crippen molar-refractivity contribution in [1.29, 1.82) is 0 Å². The number of aryl methyl sites for hydroxylation is 1. The second-order valence-electron chi connectivity index (χ2n) is 7.66. The van der Waals surface area contributed by atoms with Crippen LogP contribution in [0.15, 0.2) is 42.7 Å². The highest BCUT2D eigenvalue weighted by molar-refractivity contribution is 6.14. The Morgan fingerprint density at radius 3 is 2.64 bits per heavy atom. The van der Waals surface area contributed by atoms with Crippen LogP contribution in [-0.4, -0.2) is 45.3 Å². The monoisotopic (exact) mass is 456 g/mol. The summed E-state index contributed by atoms with van der Waals surface area (Å²) in [5.74, 6) is -3.06. The molecule has 0 unspecified atom stereocenters. The summed E-state index contributed by atoms with van der Waals surface area (Å²) in [6.45, 7) is 0.434.